The minimum absolute atomic E-state index is 0.0561. The van der Waals surface area contributed by atoms with Crippen LogP contribution in [-0.4, -0.2) is 47.4 Å². The van der Waals surface area contributed by atoms with Gasteiger partial charge in [0, 0.05) is 30.8 Å². The Morgan fingerprint density at radius 1 is 1.36 bits per heavy atom. The first-order chi connectivity index (χ1) is 10.5. The van der Waals surface area contributed by atoms with Crippen LogP contribution in [0.5, 0.6) is 0 Å². The number of aliphatic carboxylic acids is 1. The molecule has 0 radical (unpaired) electrons. The van der Waals surface area contributed by atoms with Gasteiger partial charge < -0.3 is 14.9 Å². The summed E-state index contributed by atoms with van der Waals surface area (Å²) in [6, 6.07) is 6.83. The minimum atomic E-state index is -1.03. The molecular weight excluding hydrogens is 284 g/mol. The largest absolute Gasteiger partial charge is 0.480 e. The maximum Gasteiger partial charge on any atom is 0.323 e. The number of carboxylic acid groups (broad SMARTS) is 1. The van der Waals surface area contributed by atoms with Crippen molar-refractivity contribution in [2.45, 2.75) is 26.2 Å². The van der Waals surface area contributed by atoms with E-state index < -0.39 is 5.97 Å². The van der Waals surface area contributed by atoms with Gasteiger partial charge >= 0.3 is 5.97 Å². The molecule has 1 fully saturated rings. The van der Waals surface area contributed by atoms with Crippen molar-refractivity contribution >= 4 is 23.5 Å². The zero-order chi connectivity index (χ0) is 16.1. The van der Waals surface area contributed by atoms with Crippen molar-refractivity contribution in [3.8, 4) is 0 Å². The Kier molecular flexibility index (Phi) is 5.14. The van der Waals surface area contributed by atoms with E-state index >= 15 is 0 Å². The van der Waals surface area contributed by atoms with Gasteiger partial charge in [-0.3, -0.25) is 14.4 Å². The fraction of sp³-hybridized carbons (Fsp3) is 0.438. The molecule has 0 unspecified atom stereocenters. The second kappa shape index (κ2) is 7.06. The molecule has 1 aliphatic heterocycles. The predicted octanol–water partition coefficient (Wildman–Crippen LogP) is 1.75. The third-order valence-corrected chi connectivity index (χ3v) is 3.59. The molecule has 1 heterocycles. The summed E-state index contributed by atoms with van der Waals surface area (Å²) in [6.07, 6.45) is 2.03. The highest BCUT2D eigenvalue weighted by Gasteiger charge is 2.23. The third kappa shape index (κ3) is 3.63. The standard InChI is InChI=1S/C16H20N2O4/c1-2-8-17(11-15(20)21)16(22)12-5-3-6-13(10-12)18-9-4-7-14(18)19/h3,5-6,10H,2,4,7-9,11H2,1H3,(H,20,21). The van der Waals surface area contributed by atoms with Gasteiger partial charge in [0.1, 0.15) is 6.54 Å². The highest BCUT2D eigenvalue weighted by Crippen LogP contribution is 2.22. The summed E-state index contributed by atoms with van der Waals surface area (Å²) >= 11 is 0. The molecule has 0 bridgehead atoms. The maximum atomic E-state index is 12.5. The first-order valence-corrected chi connectivity index (χ1v) is 7.44. The average Bonchev–Trinajstić information content (AvgIpc) is 2.92. The maximum absolute atomic E-state index is 12.5. The van der Waals surface area contributed by atoms with Crippen LogP contribution < -0.4 is 4.90 Å². The summed E-state index contributed by atoms with van der Waals surface area (Å²) in [5.74, 6) is -1.30. The number of carboxylic acids is 1. The van der Waals surface area contributed by atoms with E-state index in [9.17, 15) is 14.4 Å². The van der Waals surface area contributed by atoms with Crippen molar-refractivity contribution in [3.63, 3.8) is 0 Å². The molecule has 1 N–H and O–H groups in total. The lowest BCUT2D eigenvalue weighted by atomic mass is 10.1. The Morgan fingerprint density at radius 2 is 2.14 bits per heavy atom. The van der Waals surface area contributed by atoms with E-state index in [0.717, 1.165) is 6.42 Å². The van der Waals surface area contributed by atoms with Gasteiger partial charge in [-0.05, 0) is 31.0 Å². The lowest BCUT2D eigenvalue weighted by molar-refractivity contribution is -0.137. The fourth-order valence-corrected chi connectivity index (χ4v) is 2.60. The minimum Gasteiger partial charge on any atom is -0.480 e. The number of benzene rings is 1. The third-order valence-electron chi connectivity index (χ3n) is 3.59. The summed E-state index contributed by atoms with van der Waals surface area (Å²) in [5, 5.41) is 8.92. The normalized spacial score (nSPS) is 14.2. The molecule has 1 aliphatic rings. The van der Waals surface area contributed by atoms with E-state index in [2.05, 4.69) is 0 Å². The molecule has 118 valence electrons. The van der Waals surface area contributed by atoms with Crippen LogP contribution in [-0.2, 0) is 9.59 Å². The molecule has 1 aromatic carbocycles. The molecule has 22 heavy (non-hydrogen) atoms. The molecule has 0 spiro atoms. The number of anilines is 1. The van der Waals surface area contributed by atoms with E-state index in [4.69, 9.17) is 5.11 Å². The van der Waals surface area contributed by atoms with Crippen LogP contribution >= 0.6 is 0 Å². The van der Waals surface area contributed by atoms with E-state index in [-0.39, 0.29) is 18.4 Å². The second-order valence-corrected chi connectivity index (χ2v) is 5.32. The molecule has 0 saturated carbocycles. The lowest BCUT2D eigenvalue weighted by Gasteiger charge is -2.21. The predicted molar refractivity (Wildman–Crippen MR) is 81.9 cm³/mol. The van der Waals surface area contributed by atoms with Gasteiger partial charge in [0.05, 0.1) is 0 Å². The summed E-state index contributed by atoms with van der Waals surface area (Å²) in [6.45, 7) is 2.61. The van der Waals surface area contributed by atoms with E-state index in [1.165, 1.54) is 4.90 Å². The number of hydrogen-bond acceptors (Lipinski definition) is 3. The number of rotatable bonds is 6. The van der Waals surface area contributed by atoms with Crippen molar-refractivity contribution in [1.29, 1.82) is 0 Å². The van der Waals surface area contributed by atoms with Crippen molar-refractivity contribution in [2.75, 3.05) is 24.5 Å². The number of hydrogen-bond donors (Lipinski definition) is 1. The van der Waals surface area contributed by atoms with Crippen molar-refractivity contribution in [1.82, 2.24) is 4.90 Å². The Labute approximate surface area is 129 Å². The van der Waals surface area contributed by atoms with Crippen LogP contribution in [0.4, 0.5) is 5.69 Å². The first-order valence-electron chi connectivity index (χ1n) is 7.44. The zero-order valence-corrected chi connectivity index (χ0v) is 12.6. The lowest BCUT2D eigenvalue weighted by Crippen LogP contribution is -2.36. The monoisotopic (exact) mass is 304 g/mol. The van der Waals surface area contributed by atoms with Gasteiger partial charge in [-0.1, -0.05) is 13.0 Å². The van der Waals surface area contributed by atoms with E-state index in [0.29, 0.717) is 37.2 Å². The van der Waals surface area contributed by atoms with Crippen LogP contribution in [0, 0.1) is 0 Å². The molecular formula is C16H20N2O4. The van der Waals surface area contributed by atoms with Crippen LogP contribution in [0.3, 0.4) is 0 Å². The molecule has 1 saturated heterocycles. The zero-order valence-electron chi connectivity index (χ0n) is 12.6. The molecule has 0 aromatic heterocycles. The number of nitrogens with zero attached hydrogens (tertiary/aromatic N) is 2. The van der Waals surface area contributed by atoms with Crippen LogP contribution in [0.2, 0.25) is 0 Å². The van der Waals surface area contributed by atoms with Gasteiger partial charge in [0.15, 0.2) is 0 Å². The summed E-state index contributed by atoms with van der Waals surface area (Å²) < 4.78 is 0. The summed E-state index contributed by atoms with van der Waals surface area (Å²) in [5.41, 5.74) is 1.10. The first kappa shape index (κ1) is 16.0. The highest BCUT2D eigenvalue weighted by molar-refractivity contribution is 5.99. The Balaban J connectivity index is 2.21. The SMILES string of the molecule is CCCN(CC(=O)O)C(=O)c1cccc(N2CCCC2=O)c1. The Bertz CT molecular complexity index is 585. The molecule has 0 atom stereocenters. The van der Waals surface area contributed by atoms with E-state index in [1.807, 2.05) is 6.92 Å². The number of amides is 2. The number of carbonyl (C=O) groups is 3. The smallest absolute Gasteiger partial charge is 0.323 e. The summed E-state index contributed by atoms with van der Waals surface area (Å²) in [7, 11) is 0. The molecule has 6 nitrogen and oxygen atoms in total. The molecule has 2 rings (SSSR count). The molecule has 2 amide bonds. The highest BCUT2D eigenvalue weighted by atomic mass is 16.4. The average molecular weight is 304 g/mol. The Morgan fingerprint density at radius 3 is 2.73 bits per heavy atom. The summed E-state index contributed by atoms with van der Waals surface area (Å²) in [4.78, 5) is 38.1. The quantitative estimate of drug-likeness (QED) is 0.868. The van der Waals surface area contributed by atoms with Gasteiger partial charge in [-0.25, -0.2) is 0 Å². The van der Waals surface area contributed by atoms with Gasteiger partial charge in [-0.15, -0.1) is 0 Å². The van der Waals surface area contributed by atoms with Gasteiger partial charge in [0.25, 0.3) is 5.91 Å². The van der Waals surface area contributed by atoms with Crippen LogP contribution in [0.25, 0.3) is 0 Å². The molecule has 0 aliphatic carbocycles. The van der Waals surface area contributed by atoms with Crippen molar-refractivity contribution in [2.24, 2.45) is 0 Å². The van der Waals surface area contributed by atoms with Crippen molar-refractivity contribution in [3.05, 3.63) is 29.8 Å². The van der Waals surface area contributed by atoms with Crippen LogP contribution in [0.1, 0.15) is 36.5 Å². The van der Waals surface area contributed by atoms with Gasteiger partial charge in [0.2, 0.25) is 5.91 Å². The topological polar surface area (TPSA) is 77.9 Å². The molecule has 6 heteroatoms. The Hall–Kier alpha value is -2.37. The van der Waals surface area contributed by atoms with Crippen molar-refractivity contribution < 1.29 is 19.5 Å². The number of carbonyl (C=O) groups excluding carboxylic acids is 2. The molecule has 1 aromatic rings. The fourth-order valence-electron chi connectivity index (χ4n) is 2.60. The van der Waals surface area contributed by atoms with Gasteiger partial charge in [-0.2, -0.15) is 0 Å². The second-order valence-electron chi connectivity index (χ2n) is 5.32. The van der Waals surface area contributed by atoms with Crippen LogP contribution in [0.15, 0.2) is 24.3 Å². The van der Waals surface area contributed by atoms with E-state index in [1.54, 1.807) is 29.2 Å².